The minimum atomic E-state index is -0.837. The summed E-state index contributed by atoms with van der Waals surface area (Å²) < 4.78 is 0. The molecule has 2 N–H and O–H groups in total. The molecule has 3 heteroatoms. The maximum absolute atomic E-state index is 11.4. The van der Waals surface area contributed by atoms with E-state index in [1.54, 1.807) is 0 Å². The molecule has 0 bridgehead atoms. The van der Waals surface area contributed by atoms with Crippen LogP contribution in [0.3, 0.4) is 0 Å². The summed E-state index contributed by atoms with van der Waals surface area (Å²) in [6.07, 6.45) is 0. The Morgan fingerprint density at radius 3 is 2.47 bits per heavy atom. The van der Waals surface area contributed by atoms with Crippen LogP contribution >= 0.6 is 0 Å². The van der Waals surface area contributed by atoms with Crippen molar-refractivity contribution in [1.82, 2.24) is 5.32 Å². The molecule has 0 aromatic heterocycles. The molecule has 2 aromatic carbocycles. The zero-order valence-electron chi connectivity index (χ0n) is 11.3. The molecule has 2 aromatic rings. The van der Waals surface area contributed by atoms with Gasteiger partial charge in [0, 0.05) is 0 Å². The predicted octanol–water partition coefficient (Wildman–Crippen LogP) is 3.21. The van der Waals surface area contributed by atoms with Gasteiger partial charge in [0.2, 0.25) is 0 Å². The van der Waals surface area contributed by atoms with Crippen LogP contribution in [0.2, 0.25) is 0 Å². The van der Waals surface area contributed by atoms with Gasteiger partial charge in [0.25, 0.3) is 0 Å². The Morgan fingerprint density at radius 2 is 1.84 bits per heavy atom. The summed E-state index contributed by atoms with van der Waals surface area (Å²) in [5.41, 5.74) is 0.798. The van der Waals surface area contributed by atoms with Gasteiger partial charge in [-0.3, -0.25) is 4.79 Å². The molecule has 19 heavy (non-hydrogen) atoms. The monoisotopic (exact) mass is 257 g/mol. The number of hydrogen-bond donors (Lipinski definition) is 2. The standard InChI is InChI=1S/C16H19NO2/c1-11(2)10-17-15(16(18)19)14-8-7-12-5-3-4-6-13(12)9-14/h3-9,11,15,17H,10H2,1-2H3,(H,18,19). The van der Waals surface area contributed by atoms with Crippen molar-refractivity contribution < 1.29 is 9.90 Å². The largest absolute Gasteiger partial charge is 0.480 e. The summed E-state index contributed by atoms with van der Waals surface area (Å²) in [6, 6.07) is 13.1. The summed E-state index contributed by atoms with van der Waals surface area (Å²) >= 11 is 0. The number of rotatable bonds is 5. The number of carboxylic acids is 1. The Balaban J connectivity index is 2.30. The van der Waals surface area contributed by atoms with Crippen LogP contribution in [0.4, 0.5) is 0 Å². The Hall–Kier alpha value is -1.87. The third-order valence-corrected chi connectivity index (χ3v) is 3.08. The molecule has 0 spiro atoms. The fraction of sp³-hybridized carbons (Fsp3) is 0.312. The van der Waals surface area contributed by atoms with Crippen LogP contribution in [0.1, 0.15) is 25.5 Å². The Kier molecular flexibility index (Phi) is 4.17. The molecule has 1 atom stereocenters. The number of carbonyl (C=O) groups is 1. The lowest BCUT2D eigenvalue weighted by Gasteiger charge is -2.17. The number of nitrogens with one attached hydrogen (secondary N) is 1. The Labute approximate surface area is 113 Å². The topological polar surface area (TPSA) is 49.3 Å². The first-order valence-electron chi connectivity index (χ1n) is 6.53. The molecule has 0 heterocycles. The number of benzene rings is 2. The number of hydrogen-bond acceptors (Lipinski definition) is 2. The highest BCUT2D eigenvalue weighted by Crippen LogP contribution is 2.20. The van der Waals surface area contributed by atoms with Gasteiger partial charge in [0.15, 0.2) is 0 Å². The molecule has 0 radical (unpaired) electrons. The summed E-state index contributed by atoms with van der Waals surface area (Å²) in [6.45, 7) is 4.81. The molecule has 0 amide bonds. The first-order valence-corrected chi connectivity index (χ1v) is 6.53. The van der Waals surface area contributed by atoms with E-state index >= 15 is 0 Å². The van der Waals surface area contributed by atoms with Crippen molar-refractivity contribution in [2.45, 2.75) is 19.9 Å². The summed E-state index contributed by atoms with van der Waals surface area (Å²) in [4.78, 5) is 11.4. The zero-order valence-corrected chi connectivity index (χ0v) is 11.3. The van der Waals surface area contributed by atoms with Crippen molar-refractivity contribution >= 4 is 16.7 Å². The fourth-order valence-corrected chi connectivity index (χ4v) is 2.09. The smallest absolute Gasteiger partial charge is 0.325 e. The highest BCUT2D eigenvalue weighted by Gasteiger charge is 2.19. The van der Waals surface area contributed by atoms with Crippen molar-refractivity contribution in [1.29, 1.82) is 0 Å². The lowest BCUT2D eigenvalue weighted by atomic mass is 10.0. The van der Waals surface area contributed by atoms with Gasteiger partial charge in [0.1, 0.15) is 6.04 Å². The van der Waals surface area contributed by atoms with Gasteiger partial charge in [-0.05, 0) is 34.9 Å². The van der Waals surface area contributed by atoms with Crippen molar-refractivity contribution in [3.8, 4) is 0 Å². The molecule has 0 aliphatic carbocycles. The molecule has 100 valence electrons. The van der Waals surface area contributed by atoms with Crippen LogP contribution < -0.4 is 5.32 Å². The minimum Gasteiger partial charge on any atom is -0.480 e. The van der Waals surface area contributed by atoms with Crippen molar-refractivity contribution in [2.24, 2.45) is 5.92 Å². The van der Waals surface area contributed by atoms with Crippen LogP contribution in [0.5, 0.6) is 0 Å². The fourth-order valence-electron chi connectivity index (χ4n) is 2.09. The Bertz CT molecular complexity index is 578. The van der Waals surface area contributed by atoms with E-state index in [0.29, 0.717) is 12.5 Å². The average Bonchev–Trinajstić information content (AvgIpc) is 2.38. The van der Waals surface area contributed by atoms with Crippen LogP contribution in [0.15, 0.2) is 42.5 Å². The van der Waals surface area contributed by atoms with E-state index in [2.05, 4.69) is 19.2 Å². The van der Waals surface area contributed by atoms with E-state index in [1.807, 2.05) is 42.5 Å². The SMILES string of the molecule is CC(C)CNC(C(=O)O)c1ccc2ccccc2c1. The van der Waals surface area contributed by atoms with Gasteiger partial charge in [-0.1, -0.05) is 50.2 Å². The van der Waals surface area contributed by atoms with Crippen LogP contribution in [0, 0.1) is 5.92 Å². The van der Waals surface area contributed by atoms with Gasteiger partial charge >= 0.3 is 5.97 Å². The van der Waals surface area contributed by atoms with E-state index < -0.39 is 12.0 Å². The normalized spacial score (nSPS) is 12.8. The van der Waals surface area contributed by atoms with E-state index in [4.69, 9.17) is 0 Å². The van der Waals surface area contributed by atoms with Crippen LogP contribution in [-0.4, -0.2) is 17.6 Å². The molecule has 2 rings (SSSR count). The quantitative estimate of drug-likeness (QED) is 0.864. The molecular weight excluding hydrogens is 238 g/mol. The summed E-state index contributed by atoms with van der Waals surface area (Å²) in [5, 5.41) is 14.6. The highest BCUT2D eigenvalue weighted by molar-refractivity contribution is 5.85. The first-order chi connectivity index (χ1) is 9.08. The average molecular weight is 257 g/mol. The minimum absolute atomic E-state index is 0.419. The molecule has 0 saturated heterocycles. The second-order valence-electron chi connectivity index (χ2n) is 5.18. The second kappa shape index (κ2) is 5.85. The van der Waals surface area contributed by atoms with E-state index in [0.717, 1.165) is 16.3 Å². The van der Waals surface area contributed by atoms with E-state index in [1.165, 1.54) is 0 Å². The van der Waals surface area contributed by atoms with Crippen molar-refractivity contribution in [3.05, 3.63) is 48.0 Å². The number of aliphatic carboxylic acids is 1. The lowest BCUT2D eigenvalue weighted by molar-refractivity contribution is -0.139. The van der Waals surface area contributed by atoms with Gasteiger partial charge < -0.3 is 10.4 Å². The molecule has 3 nitrogen and oxygen atoms in total. The molecule has 0 fully saturated rings. The summed E-state index contributed by atoms with van der Waals surface area (Å²) in [5.74, 6) is -0.418. The predicted molar refractivity (Wildman–Crippen MR) is 77.2 cm³/mol. The maximum Gasteiger partial charge on any atom is 0.325 e. The third-order valence-electron chi connectivity index (χ3n) is 3.08. The lowest BCUT2D eigenvalue weighted by Crippen LogP contribution is -2.31. The van der Waals surface area contributed by atoms with Gasteiger partial charge in [-0.25, -0.2) is 0 Å². The highest BCUT2D eigenvalue weighted by atomic mass is 16.4. The van der Waals surface area contributed by atoms with Crippen LogP contribution in [-0.2, 0) is 4.79 Å². The van der Waals surface area contributed by atoms with Crippen molar-refractivity contribution in [2.75, 3.05) is 6.54 Å². The molecular formula is C16H19NO2. The van der Waals surface area contributed by atoms with E-state index in [-0.39, 0.29) is 0 Å². The van der Waals surface area contributed by atoms with Crippen LogP contribution in [0.25, 0.3) is 10.8 Å². The third kappa shape index (κ3) is 3.32. The molecule has 0 aliphatic heterocycles. The van der Waals surface area contributed by atoms with E-state index in [9.17, 15) is 9.90 Å². The van der Waals surface area contributed by atoms with Gasteiger partial charge in [-0.2, -0.15) is 0 Å². The van der Waals surface area contributed by atoms with Gasteiger partial charge in [-0.15, -0.1) is 0 Å². The first kappa shape index (κ1) is 13.6. The Morgan fingerprint density at radius 1 is 1.16 bits per heavy atom. The van der Waals surface area contributed by atoms with Gasteiger partial charge in [0.05, 0.1) is 0 Å². The zero-order chi connectivity index (χ0) is 13.8. The summed E-state index contributed by atoms with van der Waals surface area (Å²) in [7, 11) is 0. The van der Waals surface area contributed by atoms with Crippen molar-refractivity contribution in [3.63, 3.8) is 0 Å². The maximum atomic E-state index is 11.4. The molecule has 0 saturated carbocycles. The number of carboxylic acid groups (broad SMARTS) is 1. The number of fused-ring (bicyclic) bond motifs is 1. The second-order valence-corrected chi connectivity index (χ2v) is 5.18. The molecule has 1 unspecified atom stereocenters. The molecule has 0 aliphatic rings.